The van der Waals surface area contributed by atoms with Crippen molar-refractivity contribution in [2.75, 3.05) is 0 Å². The average molecular weight is 378 g/mol. The van der Waals surface area contributed by atoms with Crippen molar-refractivity contribution in [3.63, 3.8) is 0 Å². The lowest BCUT2D eigenvalue weighted by molar-refractivity contribution is 0.0696. The minimum absolute atomic E-state index is 0.0506. The molecule has 2 rings (SSSR count). The molecule has 3 nitrogen and oxygen atoms in total. The third kappa shape index (κ3) is 3.51. The van der Waals surface area contributed by atoms with E-state index in [1.54, 1.807) is 0 Å². The van der Waals surface area contributed by atoms with Crippen LogP contribution >= 0.6 is 27.5 Å². The van der Waals surface area contributed by atoms with Gasteiger partial charge in [0.25, 0.3) is 0 Å². The fourth-order valence-corrected chi connectivity index (χ4v) is 2.18. The third-order valence-corrected chi connectivity index (χ3v) is 3.63. The zero-order valence-electron chi connectivity index (χ0n) is 10.4. The standard InChI is InChI=1S/C14H8BrClF2O3/c15-10-2-4-12(17)9(13(10)18)6-21-7-1-3-11(16)8(5-7)14(19)20/h1-5H,6H2,(H,19,20). The highest BCUT2D eigenvalue weighted by molar-refractivity contribution is 9.10. The van der Waals surface area contributed by atoms with Gasteiger partial charge in [0.15, 0.2) is 0 Å². The van der Waals surface area contributed by atoms with Crippen LogP contribution in [0.15, 0.2) is 34.8 Å². The summed E-state index contributed by atoms with van der Waals surface area (Å²) >= 11 is 8.67. The highest BCUT2D eigenvalue weighted by Gasteiger charge is 2.14. The normalized spacial score (nSPS) is 10.5. The van der Waals surface area contributed by atoms with E-state index in [0.717, 1.165) is 6.07 Å². The quantitative estimate of drug-likeness (QED) is 0.789. The maximum absolute atomic E-state index is 13.8. The molecule has 7 heteroatoms. The van der Waals surface area contributed by atoms with Crippen molar-refractivity contribution in [3.8, 4) is 5.75 Å². The molecule has 0 saturated carbocycles. The topological polar surface area (TPSA) is 46.5 Å². The van der Waals surface area contributed by atoms with E-state index in [9.17, 15) is 13.6 Å². The lowest BCUT2D eigenvalue weighted by Crippen LogP contribution is -2.04. The smallest absolute Gasteiger partial charge is 0.337 e. The largest absolute Gasteiger partial charge is 0.489 e. The molecule has 0 bridgehead atoms. The number of benzene rings is 2. The van der Waals surface area contributed by atoms with Crippen molar-refractivity contribution in [3.05, 3.63) is 62.6 Å². The van der Waals surface area contributed by atoms with E-state index in [1.807, 2.05) is 0 Å². The second-order valence-corrected chi connectivity index (χ2v) is 5.32. The molecule has 0 unspecified atom stereocenters. The van der Waals surface area contributed by atoms with E-state index < -0.39 is 17.6 Å². The van der Waals surface area contributed by atoms with E-state index in [4.69, 9.17) is 21.4 Å². The number of rotatable bonds is 4. The molecule has 0 saturated heterocycles. The van der Waals surface area contributed by atoms with Crippen molar-refractivity contribution in [2.24, 2.45) is 0 Å². The maximum Gasteiger partial charge on any atom is 0.337 e. The van der Waals surface area contributed by atoms with Crippen LogP contribution in [0.1, 0.15) is 15.9 Å². The fraction of sp³-hybridized carbons (Fsp3) is 0.0714. The molecule has 0 spiro atoms. The number of halogens is 4. The minimum atomic E-state index is -1.22. The molecule has 0 radical (unpaired) electrons. The van der Waals surface area contributed by atoms with Crippen LogP contribution in [0.25, 0.3) is 0 Å². The molecule has 2 aromatic carbocycles. The molecule has 0 atom stereocenters. The molecule has 0 heterocycles. The lowest BCUT2D eigenvalue weighted by Gasteiger charge is -2.10. The zero-order valence-corrected chi connectivity index (χ0v) is 12.7. The Kier molecular flexibility index (Phi) is 4.80. The Morgan fingerprint density at radius 3 is 2.67 bits per heavy atom. The Morgan fingerprint density at radius 2 is 2.00 bits per heavy atom. The Labute approximate surface area is 132 Å². The summed E-state index contributed by atoms with van der Waals surface area (Å²) in [5.74, 6) is -2.58. The Bertz CT molecular complexity index is 707. The van der Waals surface area contributed by atoms with Crippen LogP contribution in [0.4, 0.5) is 8.78 Å². The Morgan fingerprint density at radius 1 is 1.29 bits per heavy atom. The number of hydrogen-bond donors (Lipinski definition) is 1. The van der Waals surface area contributed by atoms with E-state index in [-0.39, 0.29) is 33.0 Å². The van der Waals surface area contributed by atoms with Gasteiger partial charge in [-0.25, -0.2) is 13.6 Å². The van der Waals surface area contributed by atoms with Gasteiger partial charge < -0.3 is 9.84 Å². The van der Waals surface area contributed by atoms with Crippen molar-refractivity contribution < 1.29 is 23.4 Å². The highest BCUT2D eigenvalue weighted by atomic mass is 79.9. The van der Waals surface area contributed by atoms with Crippen LogP contribution in [0, 0.1) is 11.6 Å². The number of carboxylic acid groups (broad SMARTS) is 1. The number of ether oxygens (including phenoxy) is 1. The van der Waals surface area contributed by atoms with Crippen LogP contribution in [-0.4, -0.2) is 11.1 Å². The van der Waals surface area contributed by atoms with Crippen molar-refractivity contribution >= 4 is 33.5 Å². The number of aromatic carboxylic acids is 1. The van der Waals surface area contributed by atoms with E-state index in [2.05, 4.69) is 15.9 Å². The van der Waals surface area contributed by atoms with Gasteiger partial charge in [-0.2, -0.15) is 0 Å². The molecule has 1 N–H and O–H groups in total. The second-order valence-electron chi connectivity index (χ2n) is 4.06. The van der Waals surface area contributed by atoms with Crippen LogP contribution in [0.3, 0.4) is 0 Å². The molecule has 110 valence electrons. The summed E-state index contributed by atoms with van der Waals surface area (Å²) in [5.41, 5.74) is -0.402. The first kappa shape index (κ1) is 15.7. The number of carboxylic acids is 1. The second kappa shape index (κ2) is 6.41. The zero-order chi connectivity index (χ0) is 15.6. The van der Waals surface area contributed by atoms with Crippen molar-refractivity contribution in [1.29, 1.82) is 0 Å². The Hall–Kier alpha value is -1.66. The first-order valence-corrected chi connectivity index (χ1v) is 6.85. The predicted molar refractivity (Wildman–Crippen MR) is 76.8 cm³/mol. The van der Waals surface area contributed by atoms with Crippen molar-refractivity contribution in [1.82, 2.24) is 0 Å². The van der Waals surface area contributed by atoms with Gasteiger partial charge in [0.2, 0.25) is 0 Å². The molecule has 0 aliphatic heterocycles. The minimum Gasteiger partial charge on any atom is -0.489 e. The molecule has 0 amide bonds. The van der Waals surface area contributed by atoms with Crippen LogP contribution < -0.4 is 4.74 Å². The number of carbonyl (C=O) groups is 1. The van der Waals surface area contributed by atoms with Crippen LogP contribution in [0.2, 0.25) is 5.02 Å². The van der Waals surface area contributed by atoms with Crippen LogP contribution in [-0.2, 0) is 6.61 Å². The average Bonchev–Trinajstić information content (AvgIpc) is 2.44. The summed E-state index contributed by atoms with van der Waals surface area (Å²) in [4.78, 5) is 10.9. The molecule has 0 fully saturated rings. The van der Waals surface area contributed by atoms with Gasteiger partial charge in [-0.15, -0.1) is 0 Å². The maximum atomic E-state index is 13.8. The van der Waals surface area contributed by atoms with Gasteiger partial charge in [-0.05, 0) is 46.3 Å². The van der Waals surface area contributed by atoms with Gasteiger partial charge in [0.1, 0.15) is 24.0 Å². The van der Waals surface area contributed by atoms with Gasteiger partial charge in [0.05, 0.1) is 20.6 Å². The SMILES string of the molecule is O=C(O)c1cc(OCc2c(F)ccc(Br)c2F)ccc1Cl. The third-order valence-electron chi connectivity index (χ3n) is 2.69. The summed E-state index contributed by atoms with van der Waals surface area (Å²) in [6, 6.07) is 6.31. The van der Waals surface area contributed by atoms with E-state index in [1.165, 1.54) is 24.3 Å². The lowest BCUT2D eigenvalue weighted by atomic mass is 10.2. The summed E-state index contributed by atoms with van der Waals surface area (Å²) in [7, 11) is 0. The predicted octanol–water partition coefficient (Wildman–Crippen LogP) is 4.66. The molecular weight excluding hydrogens is 370 g/mol. The molecule has 0 aliphatic rings. The van der Waals surface area contributed by atoms with Gasteiger partial charge >= 0.3 is 5.97 Å². The van der Waals surface area contributed by atoms with Crippen LogP contribution in [0.5, 0.6) is 5.75 Å². The summed E-state index contributed by atoms with van der Waals surface area (Å²) in [6.45, 7) is -0.377. The monoisotopic (exact) mass is 376 g/mol. The van der Waals surface area contributed by atoms with Crippen molar-refractivity contribution in [2.45, 2.75) is 6.61 Å². The van der Waals surface area contributed by atoms with Gasteiger partial charge in [-0.1, -0.05) is 11.6 Å². The first-order chi connectivity index (χ1) is 9.90. The molecular formula is C14H8BrClF2O3. The summed E-state index contributed by atoms with van der Waals surface area (Å²) in [5, 5.41) is 8.98. The van der Waals surface area contributed by atoms with Gasteiger partial charge in [-0.3, -0.25) is 0 Å². The summed E-state index contributed by atoms with van der Waals surface area (Å²) < 4.78 is 32.7. The molecule has 0 aliphatic carbocycles. The summed E-state index contributed by atoms with van der Waals surface area (Å²) in [6.07, 6.45) is 0. The fourth-order valence-electron chi connectivity index (χ4n) is 1.61. The van der Waals surface area contributed by atoms with E-state index >= 15 is 0 Å². The first-order valence-electron chi connectivity index (χ1n) is 5.68. The highest BCUT2D eigenvalue weighted by Crippen LogP contribution is 2.25. The molecule has 2 aromatic rings. The number of hydrogen-bond acceptors (Lipinski definition) is 2. The Balaban J connectivity index is 2.23. The molecule has 0 aromatic heterocycles. The van der Waals surface area contributed by atoms with Gasteiger partial charge in [0, 0.05) is 0 Å². The van der Waals surface area contributed by atoms with E-state index in [0.29, 0.717) is 0 Å². The molecule has 21 heavy (non-hydrogen) atoms.